The number of sulfone groups is 1. The second-order valence-corrected chi connectivity index (χ2v) is 7.50. The Bertz CT molecular complexity index is 485. The van der Waals surface area contributed by atoms with Gasteiger partial charge in [0.1, 0.15) is 9.84 Å². The summed E-state index contributed by atoms with van der Waals surface area (Å²) in [5.74, 6) is 0.202. The lowest BCUT2D eigenvalue weighted by atomic mass is 10.0. The lowest BCUT2D eigenvalue weighted by Gasteiger charge is -2.12. The predicted octanol–water partition coefficient (Wildman–Crippen LogP) is 2.58. The molecular weight excluding hydrogens is 302 g/mol. The van der Waals surface area contributed by atoms with Crippen LogP contribution in [-0.4, -0.2) is 20.4 Å². The number of hydrogen-bond donors (Lipinski definition) is 1. The topological polar surface area (TPSA) is 60.2 Å². The average Bonchev–Trinajstić information content (AvgIpc) is 2.20. The number of halogens is 1. The van der Waals surface area contributed by atoms with Gasteiger partial charge in [0, 0.05) is 22.5 Å². The fourth-order valence-electron chi connectivity index (χ4n) is 1.57. The molecule has 1 atom stereocenters. The predicted molar refractivity (Wildman–Crippen MR) is 74.8 cm³/mol. The maximum atomic E-state index is 11.0. The van der Waals surface area contributed by atoms with Gasteiger partial charge >= 0.3 is 0 Å². The molecule has 1 aromatic carbocycles. The summed E-state index contributed by atoms with van der Waals surface area (Å²) in [6.07, 6.45) is 2.54. The van der Waals surface area contributed by atoms with Gasteiger partial charge in [-0.25, -0.2) is 8.42 Å². The van der Waals surface area contributed by atoms with Gasteiger partial charge in [-0.15, -0.1) is 0 Å². The van der Waals surface area contributed by atoms with Crippen LogP contribution in [0.15, 0.2) is 22.7 Å². The van der Waals surface area contributed by atoms with Crippen LogP contribution in [0.25, 0.3) is 0 Å². The van der Waals surface area contributed by atoms with Crippen LogP contribution < -0.4 is 5.73 Å². The maximum Gasteiger partial charge on any atom is 0.147 e. The van der Waals surface area contributed by atoms with Crippen molar-refractivity contribution in [3.63, 3.8) is 0 Å². The summed E-state index contributed by atoms with van der Waals surface area (Å²) in [7, 11) is -2.88. The van der Waals surface area contributed by atoms with Crippen LogP contribution in [0.3, 0.4) is 0 Å². The zero-order valence-corrected chi connectivity index (χ0v) is 12.5. The van der Waals surface area contributed by atoms with Crippen molar-refractivity contribution < 1.29 is 8.42 Å². The van der Waals surface area contributed by atoms with E-state index in [2.05, 4.69) is 15.9 Å². The molecule has 0 aliphatic rings. The zero-order chi connectivity index (χ0) is 13.1. The van der Waals surface area contributed by atoms with Gasteiger partial charge in [0.25, 0.3) is 0 Å². The van der Waals surface area contributed by atoms with Crippen molar-refractivity contribution in [3.8, 4) is 0 Å². The molecule has 5 heteroatoms. The summed E-state index contributed by atoms with van der Waals surface area (Å²) < 4.78 is 23.0. The molecule has 17 heavy (non-hydrogen) atoms. The Balaban J connectivity index is 2.58. The SMILES string of the molecule is Cc1ccc(C(N)CCCS(C)(=O)=O)cc1Br. The van der Waals surface area contributed by atoms with Gasteiger partial charge in [-0.1, -0.05) is 28.1 Å². The van der Waals surface area contributed by atoms with E-state index in [0.717, 1.165) is 15.6 Å². The van der Waals surface area contributed by atoms with Crippen molar-refractivity contribution in [1.29, 1.82) is 0 Å². The number of aryl methyl sites for hydroxylation is 1. The van der Waals surface area contributed by atoms with Gasteiger partial charge in [-0.3, -0.25) is 0 Å². The minimum absolute atomic E-state index is 0.103. The molecule has 96 valence electrons. The molecule has 0 spiro atoms. The molecule has 0 radical (unpaired) electrons. The third-order valence-electron chi connectivity index (χ3n) is 2.65. The molecule has 1 unspecified atom stereocenters. The first-order chi connectivity index (χ1) is 7.79. The minimum Gasteiger partial charge on any atom is -0.324 e. The van der Waals surface area contributed by atoms with Crippen molar-refractivity contribution >= 4 is 25.8 Å². The van der Waals surface area contributed by atoms with Gasteiger partial charge in [-0.05, 0) is 37.0 Å². The van der Waals surface area contributed by atoms with Crippen molar-refractivity contribution in [3.05, 3.63) is 33.8 Å². The van der Waals surface area contributed by atoms with Crippen molar-refractivity contribution in [1.82, 2.24) is 0 Å². The summed E-state index contributed by atoms with van der Waals surface area (Å²) in [6, 6.07) is 5.90. The molecule has 2 N–H and O–H groups in total. The Morgan fingerprint density at radius 3 is 2.59 bits per heavy atom. The zero-order valence-electron chi connectivity index (χ0n) is 10.1. The second-order valence-electron chi connectivity index (χ2n) is 4.39. The molecule has 0 saturated heterocycles. The van der Waals surface area contributed by atoms with Gasteiger partial charge in [0.2, 0.25) is 0 Å². The molecule has 3 nitrogen and oxygen atoms in total. The number of hydrogen-bond acceptors (Lipinski definition) is 3. The normalized spacial score (nSPS) is 13.6. The van der Waals surface area contributed by atoms with E-state index in [1.165, 1.54) is 6.26 Å². The minimum atomic E-state index is -2.88. The van der Waals surface area contributed by atoms with Crippen LogP contribution in [-0.2, 0) is 9.84 Å². The van der Waals surface area contributed by atoms with Gasteiger partial charge in [0.15, 0.2) is 0 Å². The molecule has 0 heterocycles. The molecule has 0 aromatic heterocycles. The highest BCUT2D eigenvalue weighted by Gasteiger charge is 2.09. The number of benzene rings is 1. The summed E-state index contributed by atoms with van der Waals surface area (Å²) in [4.78, 5) is 0. The largest absolute Gasteiger partial charge is 0.324 e. The summed E-state index contributed by atoms with van der Waals surface area (Å²) in [6.45, 7) is 2.02. The molecule has 0 aliphatic heterocycles. The molecule has 0 aliphatic carbocycles. The highest BCUT2D eigenvalue weighted by atomic mass is 79.9. The third-order valence-corrected chi connectivity index (χ3v) is 4.54. The highest BCUT2D eigenvalue weighted by Crippen LogP contribution is 2.23. The van der Waals surface area contributed by atoms with E-state index in [4.69, 9.17) is 5.73 Å². The van der Waals surface area contributed by atoms with E-state index in [1.807, 2.05) is 25.1 Å². The van der Waals surface area contributed by atoms with Crippen LogP contribution in [0.5, 0.6) is 0 Å². The van der Waals surface area contributed by atoms with E-state index in [1.54, 1.807) is 0 Å². The standard InChI is InChI=1S/C12H18BrNO2S/c1-9-5-6-10(8-11(9)13)12(14)4-3-7-17(2,15)16/h5-6,8,12H,3-4,7,14H2,1-2H3. The van der Waals surface area contributed by atoms with Crippen LogP contribution in [0, 0.1) is 6.92 Å². The Morgan fingerprint density at radius 1 is 1.41 bits per heavy atom. The molecule has 0 saturated carbocycles. The van der Waals surface area contributed by atoms with Crippen molar-refractivity contribution in [2.24, 2.45) is 5.73 Å². The molecule has 0 fully saturated rings. The fraction of sp³-hybridized carbons (Fsp3) is 0.500. The number of nitrogens with two attached hydrogens (primary N) is 1. The molecule has 0 bridgehead atoms. The molecule has 1 rings (SSSR count). The van der Waals surface area contributed by atoms with E-state index in [9.17, 15) is 8.42 Å². The monoisotopic (exact) mass is 319 g/mol. The van der Waals surface area contributed by atoms with Crippen LogP contribution in [0.1, 0.15) is 30.0 Å². The number of rotatable bonds is 5. The first kappa shape index (κ1) is 14.7. The van der Waals surface area contributed by atoms with E-state index >= 15 is 0 Å². The van der Waals surface area contributed by atoms with Crippen molar-refractivity contribution in [2.45, 2.75) is 25.8 Å². The van der Waals surface area contributed by atoms with Crippen LogP contribution in [0.4, 0.5) is 0 Å². The van der Waals surface area contributed by atoms with E-state index in [-0.39, 0.29) is 11.8 Å². The van der Waals surface area contributed by atoms with Crippen molar-refractivity contribution in [2.75, 3.05) is 12.0 Å². The molecule has 0 amide bonds. The highest BCUT2D eigenvalue weighted by molar-refractivity contribution is 9.10. The van der Waals surface area contributed by atoms with Gasteiger partial charge in [0.05, 0.1) is 0 Å². The summed E-state index contributed by atoms with van der Waals surface area (Å²) >= 11 is 3.46. The Kier molecular flexibility index (Phi) is 5.16. The molecule has 1 aromatic rings. The second kappa shape index (κ2) is 5.98. The summed E-state index contributed by atoms with van der Waals surface area (Å²) in [5, 5.41) is 0. The Morgan fingerprint density at radius 2 is 2.06 bits per heavy atom. The van der Waals surface area contributed by atoms with Crippen LogP contribution >= 0.6 is 15.9 Å². The Hall–Kier alpha value is -0.390. The fourth-order valence-corrected chi connectivity index (χ4v) is 2.66. The molecular formula is C12H18BrNO2S. The third kappa shape index (κ3) is 5.19. The van der Waals surface area contributed by atoms with E-state index in [0.29, 0.717) is 12.8 Å². The van der Waals surface area contributed by atoms with E-state index < -0.39 is 9.84 Å². The lowest BCUT2D eigenvalue weighted by Crippen LogP contribution is -2.12. The van der Waals surface area contributed by atoms with Gasteiger partial charge in [-0.2, -0.15) is 0 Å². The smallest absolute Gasteiger partial charge is 0.147 e. The first-order valence-corrected chi connectivity index (χ1v) is 8.34. The average molecular weight is 320 g/mol. The summed E-state index contributed by atoms with van der Waals surface area (Å²) in [5.41, 5.74) is 8.23. The van der Waals surface area contributed by atoms with Gasteiger partial charge < -0.3 is 5.73 Å². The van der Waals surface area contributed by atoms with Crippen LogP contribution in [0.2, 0.25) is 0 Å². The quantitative estimate of drug-likeness (QED) is 0.907. The lowest BCUT2D eigenvalue weighted by molar-refractivity contribution is 0.588. The first-order valence-electron chi connectivity index (χ1n) is 5.49. The maximum absolute atomic E-state index is 11.0. The Labute approximate surface area is 111 Å².